The van der Waals surface area contributed by atoms with Crippen molar-refractivity contribution >= 4 is 27.4 Å². The number of halogens is 1. The predicted molar refractivity (Wildman–Crippen MR) is 99.9 cm³/mol. The van der Waals surface area contributed by atoms with Crippen LogP contribution < -0.4 is 5.73 Å². The molecule has 0 amide bonds. The molecule has 0 bridgehead atoms. The molecule has 2 aromatic rings. The molecule has 0 saturated heterocycles. The zero-order chi connectivity index (χ0) is 19.1. The average Bonchev–Trinajstić information content (AvgIpc) is 3.24. The molecule has 1 fully saturated rings. The van der Waals surface area contributed by atoms with Crippen molar-refractivity contribution in [2.24, 2.45) is 5.73 Å². The number of rotatable bonds is 5. The van der Waals surface area contributed by atoms with Crippen LogP contribution in [0.15, 0.2) is 53.4 Å². The third-order valence-corrected chi connectivity index (χ3v) is 7.19. The second kappa shape index (κ2) is 6.68. The van der Waals surface area contributed by atoms with Gasteiger partial charge in [-0.05, 0) is 43.7 Å². The van der Waals surface area contributed by atoms with E-state index >= 15 is 0 Å². The predicted octanol–water partition coefficient (Wildman–Crippen LogP) is 2.85. The van der Waals surface area contributed by atoms with E-state index < -0.39 is 32.5 Å². The Balaban J connectivity index is 2.07. The Labute approximate surface area is 158 Å². The minimum Gasteiger partial charge on any atom is -0.465 e. The van der Waals surface area contributed by atoms with Gasteiger partial charge < -0.3 is 10.5 Å². The van der Waals surface area contributed by atoms with Crippen molar-refractivity contribution in [3.8, 4) is 0 Å². The quantitative estimate of drug-likeness (QED) is 0.789. The van der Waals surface area contributed by atoms with E-state index in [1.165, 1.54) is 12.1 Å². The normalized spacial score (nSPS) is 24.9. The van der Waals surface area contributed by atoms with Gasteiger partial charge in [0.15, 0.2) is 9.84 Å². The van der Waals surface area contributed by atoms with E-state index in [1.54, 1.807) is 43.3 Å². The minimum atomic E-state index is -3.83. The van der Waals surface area contributed by atoms with Crippen LogP contribution in [0.4, 0.5) is 0 Å². The van der Waals surface area contributed by atoms with Gasteiger partial charge in [0.05, 0.1) is 11.5 Å². The van der Waals surface area contributed by atoms with E-state index in [0.717, 1.165) is 5.56 Å². The van der Waals surface area contributed by atoms with Crippen LogP contribution in [0, 0.1) is 6.92 Å². The molecule has 0 heterocycles. The summed E-state index contributed by atoms with van der Waals surface area (Å²) in [7, 11) is -3.83. The van der Waals surface area contributed by atoms with Gasteiger partial charge in [0.1, 0.15) is 10.8 Å². The number of nitrogens with two attached hydrogens (primary N) is 1. The Morgan fingerprint density at radius 2 is 1.88 bits per heavy atom. The molecule has 2 aromatic carbocycles. The summed E-state index contributed by atoms with van der Waals surface area (Å²) in [6, 6.07) is 13.2. The standard InChI is InChI=1S/C19H20ClNO4S/c1-3-25-18(22)19(21)16(13-5-4-6-14(20)11-13)17(19)26(23,24)15-9-7-12(2)8-10-15/h4-11,16-17H,3,21H2,1-2H3/t16-,17+,19-/m0/s1. The molecule has 0 aromatic heterocycles. The molecule has 1 aliphatic rings. The number of hydrogen-bond donors (Lipinski definition) is 1. The lowest BCUT2D eigenvalue weighted by Crippen LogP contribution is -2.41. The summed E-state index contributed by atoms with van der Waals surface area (Å²) in [5.41, 5.74) is 6.21. The van der Waals surface area contributed by atoms with Crippen LogP contribution in [0.5, 0.6) is 0 Å². The fraction of sp³-hybridized carbons (Fsp3) is 0.316. The molecule has 7 heteroatoms. The number of carbonyl (C=O) groups is 1. The molecule has 0 aliphatic heterocycles. The lowest BCUT2D eigenvalue weighted by molar-refractivity contribution is -0.145. The highest BCUT2D eigenvalue weighted by Crippen LogP contribution is 2.56. The number of benzene rings is 2. The van der Waals surface area contributed by atoms with Crippen LogP contribution >= 0.6 is 11.6 Å². The molecule has 0 unspecified atom stereocenters. The number of hydrogen-bond acceptors (Lipinski definition) is 5. The minimum absolute atomic E-state index is 0.122. The number of aryl methyl sites for hydroxylation is 1. The van der Waals surface area contributed by atoms with Gasteiger partial charge in [0.2, 0.25) is 0 Å². The number of ether oxygens (including phenoxy) is 1. The van der Waals surface area contributed by atoms with Crippen LogP contribution in [0.2, 0.25) is 5.02 Å². The third kappa shape index (κ3) is 3.02. The Morgan fingerprint density at radius 1 is 1.23 bits per heavy atom. The molecular weight excluding hydrogens is 374 g/mol. The van der Waals surface area contributed by atoms with E-state index in [9.17, 15) is 13.2 Å². The monoisotopic (exact) mass is 393 g/mol. The highest BCUT2D eigenvalue weighted by atomic mass is 35.5. The molecule has 5 nitrogen and oxygen atoms in total. The van der Waals surface area contributed by atoms with Crippen molar-refractivity contribution in [3.05, 3.63) is 64.7 Å². The van der Waals surface area contributed by atoms with Gasteiger partial charge in [-0.2, -0.15) is 0 Å². The van der Waals surface area contributed by atoms with Crippen LogP contribution in [-0.2, 0) is 19.4 Å². The number of carbonyl (C=O) groups excluding carboxylic acids is 1. The lowest BCUT2D eigenvalue weighted by atomic mass is 10.1. The van der Waals surface area contributed by atoms with Gasteiger partial charge in [-0.15, -0.1) is 0 Å². The first kappa shape index (κ1) is 18.9. The third-order valence-electron chi connectivity index (χ3n) is 4.70. The summed E-state index contributed by atoms with van der Waals surface area (Å²) in [5, 5.41) is -0.651. The van der Waals surface area contributed by atoms with Crippen molar-refractivity contribution in [2.75, 3.05) is 6.61 Å². The first-order valence-electron chi connectivity index (χ1n) is 8.25. The lowest BCUT2D eigenvalue weighted by Gasteiger charge is -2.11. The van der Waals surface area contributed by atoms with Crippen LogP contribution in [-0.4, -0.2) is 31.8 Å². The molecule has 0 radical (unpaired) electrons. The Morgan fingerprint density at radius 3 is 2.46 bits per heavy atom. The maximum Gasteiger partial charge on any atom is 0.328 e. The molecule has 1 aliphatic carbocycles. The Kier molecular flexibility index (Phi) is 4.86. The topological polar surface area (TPSA) is 86.5 Å². The van der Waals surface area contributed by atoms with E-state index in [2.05, 4.69) is 0 Å². The average molecular weight is 394 g/mol. The highest BCUT2D eigenvalue weighted by molar-refractivity contribution is 7.92. The van der Waals surface area contributed by atoms with Crippen molar-refractivity contribution in [2.45, 2.75) is 35.4 Å². The zero-order valence-corrected chi connectivity index (χ0v) is 16.0. The number of esters is 1. The maximum atomic E-state index is 13.2. The second-order valence-corrected chi connectivity index (χ2v) is 8.97. The molecule has 3 atom stereocenters. The van der Waals surface area contributed by atoms with Crippen LogP contribution in [0.1, 0.15) is 24.0 Å². The first-order valence-corrected chi connectivity index (χ1v) is 10.2. The van der Waals surface area contributed by atoms with Crippen LogP contribution in [0.3, 0.4) is 0 Å². The summed E-state index contributed by atoms with van der Waals surface area (Å²) in [6.07, 6.45) is 0. The summed E-state index contributed by atoms with van der Waals surface area (Å²) in [4.78, 5) is 12.6. The first-order chi connectivity index (χ1) is 12.2. The summed E-state index contributed by atoms with van der Waals surface area (Å²) >= 11 is 6.04. The summed E-state index contributed by atoms with van der Waals surface area (Å²) < 4.78 is 31.4. The molecule has 2 N–H and O–H groups in total. The van der Waals surface area contributed by atoms with Crippen molar-refractivity contribution in [3.63, 3.8) is 0 Å². The van der Waals surface area contributed by atoms with Crippen molar-refractivity contribution in [1.29, 1.82) is 0 Å². The summed E-state index contributed by atoms with van der Waals surface area (Å²) in [5.74, 6) is -1.43. The molecule has 1 saturated carbocycles. The Hall–Kier alpha value is -1.89. The van der Waals surface area contributed by atoms with Crippen molar-refractivity contribution < 1.29 is 17.9 Å². The van der Waals surface area contributed by atoms with E-state index in [1.807, 2.05) is 6.92 Å². The van der Waals surface area contributed by atoms with Crippen LogP contribution in [0.25, 0.3) is 0 Å². The second-order valence-electron chi connectivity index (χ2n) is 6.46. The van der Waals surface area contributed by atoms with Crippen molar-refractivity contribution in [1.82, 2.24) is 0 Å². The maximum absolute atomic E-state index is 13.2. The molecule has 26 heavy (non-hydrogen) atoms. The van der Waals surface area contributed by atoms with Gasteiger partial charge >= 0.3 is 5.97 Å². The highest BCUT2D eigenvalue weighted by Gasteiger charge is 2.74. The molecular formula is C19H20ClNO4S. The fourth-order valence-corrected chi connectivity index (χ4v) is 5.76. The zero-order valence-electron chi connectivity index (χ0n) is 14.5. The van der Waals surface area contributed by atoms with E-state index in [0.29, 0.717) is 10.6 Å². The largest absolute Gasteiger partial charge is 0.465 e. The molecule has 138 valence electrons. The van der Waals surface area contributed by atoms with Gasteiger partial charge in [-0.25, -0.2) is 13.2 Å². The molecule has 3 rings (SSSR count). The van der Waals surface area contributed by atoms with Gasteiger partial charge in [-0.3, -0.25) is 0 Å². The van der Waals surface area contributed by atoms with Gasteiger partial charge in [-0.1, -0.05) is 41.4 Å². The molecule has 0 spiro atoms. The van der Waals surface area contributed by atoms with Gasteiger partial charge in [0, 0.05) is 10.9 Å². The van der Waals surface area contributed by atoms with Gasteiger partial charge in [0.25, 0.3) is 0 Å². The smallest absolute Gasteiger partial charge is 0.328 e. The van der Waals surface area contributed by atoms with E-state index in [4.69, 9.17) is 22.1 Å². The SMILES string of the molecule is CCOC(=O)[C@@]1(N)[C@H](S(=O)(=O)c2ccc(C)cc2)[C@@H]1c1cccc(Cl)c1. The number of sulfone groups is 1. The fourth-order valence-electron chi connectivity index (χ4n) is 3.33. The summed E-state index contributed by atoms with van der Waals surface area (Å²) in [6.45, 7) is 3.65. The van der Waals surface area contributed by atoms with E-state index in [-0.39, 0.29) is 11.5 Å². The Bertz CT molecular complexity index is 942.